The summed E-state index contributed by atoms with van der Waals surface area (Å²) in [5.41, 5.74) is 3.25. The average Bonchev–Trinajstić information content (AvgIpc) is 3.15. The van der Waals surface area contributed by atoms with E-state index in [1.54, 1.807) is 0 Å². The molecule has 2 aliphatic rings. The van der Waals surface area contributed by atoms with E-state index in [1.807, 2.05) is 0 Å². The Balaban J connectivity index is 0.00000583. The first-order valence-corrected chi connectivity index (χ1v) is 22.9. The molecule has 2 saturated carbocycles. The van der Waals surface area contributed by atoms with Crippen LogP contribution in [0.1, 0.15) is 141 Å². The van der Waals surface area contributed by atoms with E-state index in [2.05, 4.69) is 103 Å². The van der Waals surface area contributed by atoms with Gasteiger partial charge in [0.15, 0.2) is 5.96 Å². The van der Waals surface area contributed by atoms with Crippen molar-refractivity contribution in [1.29, 1.82) is 0 Å². The van der Waals surface area contributed by atoms with Crippen molar-refractivity contribution in [3.63, 3.8) is 0 Å². The molecule has 0 bridgehead atoms. The van der Waals surface area contributed by atoms with Gasteiger partial charge in [0, 0.05) is 19.0 Å². The Morgan fingerprint density at radius 3 is 1.94 bits per heavy atom. The predicted molar refractivity (Wildman–Crippen MR) is 219 cm³/mol. The summed E-state index contributed by atoms with van der Waals surface area (Å²) in [6.07, 6.45) is 25.5. The topological polar surface area (TPSA) is 65.5 Å². The van der Waals surface area contributed by atoms with Crippen molar-refractivity contribution >= 4 is 35.6 Å². The lowest BCUT2D eigenvalue weighted by Crippen LogP contribution is -3.00. The smallest absolute Gasteiger partial charge is 0.251 e. The summed E-state index contributed by atoms with van der Waals surface area (Å²) in [4.78, 5) is 19.7. The van der Waals surface area contributed by atoms with Crippen LogP contribution in [0.4, 0.5) is 5.69 Å². The number of halogens is 1. The third kappa shape index (κ3) is 12.8. The molecule has 0 heterocycles. The molecule has 280 valence electrons. The maximum atomic E-state index is 14.4. The van der Waals surface area contributed by atoms with Gasteiger partial charge in [-0.15, -0.1) is 0 Å². The second kappa shape index (κ2) is 21.8. The Morgan fingerprint density at radius 2 is 1.33 bits per heavy atom. The van der Waals surface area contributed by atoms with Gasteiger partial charge >= 0.3 is 0 Å². The number of hydrogen-bond acceptors (Lipinski definition) is 2. The number of anilines is 1. The number of aliphatic imine (C=N–C) groups is 1. The number of unbranched alkanes of at least 4 members (excludes halogenated alkanes) is 3. The van der Waals surface area contributed by atoms with Gasteiger partial charge in [-0.2, -0.15) is 0 Å². The van der Waals surface area contributed by atoms with Crippen LogP contribution in [0.25, 0.3) is 10.8 Å². The van der Waals surface area contributed by atoms with Crippen LogP contribution in [0.2, 0.25) is 0 Å². The zero-order valence-electron chi connectivity index (χ0n) is 31.9. The lowest BCUT2D eigenvalue weighted by Gasteiger charge is -2.29. The maximum Gasteiger partial charge on any atom is 0.251 e. The number of hydrogen-bond donors (Lipinski definition) is 3. The summed E-state index contributed by atoms with van der Waals surface area (Å²) >= 11 is 0. The summed E-state index contributed by atoms with van der Waals surface area (Å²) in [7, 11) is -1.05. The Bertz CT molecular complexity index is 1460. The number of benzene rings is 3. The minimum atomic E-state index is -1.05. The molecule has 51 heavy (non-hydrogen) atoms. The first kappa shape index (κ1) is 41.1. The lowest BCUT2D eigenvalue weighted by atomic mass is 9.95. The van der Waals surface area contributed by atoms with Crippen LogP contribution in [-0.4, -0.2) is 42.4 Å². The molecule has 0 aromatic heterocycles. The zero-order valence-corrected chi connectivity index (χ0v) is 33.6. The molecule has 5 nitrogen and oxygen atoms in total. The molecule has 3 aromatic carbocycles. The third-order valence-electron chi connectivity index (χ3n) is 11.2. The van der Waals surface area contributed by atoms with Gasteiger partial charge in [-0.25, -0.2) is 4.99 Å². The lowest BCUT2D eigenvalue weighted by molar-refractivity contribution is -0.118. The molecule has 3 aromatic rings. The number of amides is 1. The number of nitrogens with one attached hydrogen (secondary N) is 3. The van der Waals surface area contributed by atoms with Gasteiger partial charge in [0.25, 0.3) is 5.91 Å². The first-order chi connectivity index (χ1) is 24.5. The molecular formula is C44H66ClN4OP. The van der Waals surface area contributed by atoms with Crippen molar-refractivity contribution in [3.8, 4) is 0 Å². The van der Waals surface area contributed by atoms with Crippen molar-refractivity contribution < 1.29 is 17.2 Å². The van der Waals surface area contributed by atoms with Gasteiger partial charge in [0.1, 0.15) is 6.04 Å². The fourth-order valence-electron chi connectivity index (χ4n) is 8.12. The van der Waals surface area contributed by atoms with E-state index in [0.717, 1.165) is 48.3 Å². The van der Waals surface area contributed by atoms with Crippen LogP contribution < -0.4 is 28.4 Å². The maximum absolute atomic E-state index is 14.4. The van der Waals surface area contributed by atoms with Crippen molar-refractivity contribution in [1.82, 2.24) is 10.6 Å². The summed E-state index contributed by atoms with van der Waals surface area (Å²) in [6, 6.07) is 23.8. The van der Waals surface area contributed by atoms with Crippen LogP contribution in [0.15, 0.2) is 71.7 Å². The minimum absolute atomic E-state index is 0. The molecule has 2 fully saturated rings. The van der Waals surface area contributed by atoms with Crippen molar-refractivity contribution in [2.75, 3.05) is 23.8 Å². The number of carbonyl (C=O) groups is 1. The van der Waals surface area contributed by atoms with Gasteiger partial charge in [0.05, 0.1) is 30.7 Å². The molecular weight excluding hydrogens is 667 g/mol. The minimum Gasteiger partial charge on any atom is -1.00 e. The largest absolute Gasteiger partial charge is 1.00 e. The van der Waals surface area contributed by atoms with Crippen LogP contribution in [-0.2, 0) is 11.0 Å². The molecule has 3 N–H and O–H groups in total. The molecule has 0 spiro atoms. The van der Waals surface area contributed by atoms with E-state index in [0.29, 0.717) is 12.1 Å². The number of guanidine groups is 1. The number of nitrogens with zero attached hydrogens (tertiary/aromatic N) is 1. The quantitative estimate of drug-likeness (QED) is 0.0740. The summed E-state index contributed by atoms with van der Waals surface area (Å²) < 4.78 is 0. The highest BCUT2D eigenvalue weighted by Gasteiger charge is 2.35. The fourth-order valence-corrected chi connectivity index (χ4v) is 13.2. The third-order valence-corrected chi connectivity index (χ3v) is 16.0. The monoisotopic (exact) mass is 732 g/mol. The van der Waals surface area contributed by atoms with Gasteiger partial charge < -0.3 is 28.4 Å². The number of rotatable bonds is 17. The Kier molecular flexibility index (Phi) is 17.6. The molecule has 1 unspecified atom stereocenters. The first-order valence-electron chi connectivity index (χ1n) is 20.4. The highest BCUT2D eigenvalue weighted by Crippen LogP contribution is 2.63. The predicted octanol–water partition coefficient (Wildman–Crippen LogP) is 8.64. The van der Waals surface area contributed by atoms with Gasteiger partial charge in [-0.3, -0.25) is 4.79 Å². The molecule has 5 rings (SSSR count). The highest BCUT2D eigenvalue weighted by atomic mass is 35.5. The molecule has 7 heteroatoms. The second-order valence-electron chi connectivity index (χ2n) is 15.4. The van der Waals surface area contributed by atoms with Gasteiger partial charge in [-0.05, 0) is 85.0 Å². The summed E-state index contributed by atoms with van der Waals surface area (Å²) in [5, 5.41) is 13.1. The molecule has 2 aliphatic carbocycles. The molecule has 1 amide bonds. The normalized spacial score (nSPS) is 16.7. The number of fused-ring (bicyclic) bond motifs is 1. The summed E-state index contributed by atoms with van der Waals surface area (Å²) in [5.74, 6) is 0.740. The molecule has 1 atom stereocenters. The van der Waals surface area contributed by atoms with Crippen molar-refractivity contribution in [3.05, 3.63) is 77.9 Å². The van der Waals surface area contributed by atoms with Crippen LogP contribution >= 0.6 is 7.26 Å². The van der Waals surface area contributed by atoms with Crippen LogP contribution in [0.5, 0.6) is 0 Å². The molecule has 0 radical (unpaired) electrons. The van der Waals surface area contributed by atoms with Crippen molar-refractivity contribution in [2.24, 2.45) is 4.99 Å². The van der Waals surface area contributed by atoms with E-state index in [-0.39, 0.29) is 18.3 Å². The van der Waals surface area contributed by atoms with Gasteiger partial charge in [-0.1, -0.05) is 127 Å². The van der Waals surface area contributed by atoms with E-state index in [1.165, 1.54) is 113 Å². The summed E-state index contributed by atoms with van der Waals surface area (Å²) in [6.45, 7) is 7.01. The SMILES string of the molecule is CCCC[P+](CCCC)(CCCC)Cc1ccc(NC(=O)C(NC(=NC2CCCCC2)NC2CCCCC2)c2ccc3ccccc3c2)cc1.[Cl-]. The number of carbonyl (C=O) groups excluding carboxylic acids is 1. The van der Waals surface area contributed by atoms with Crippen LogP contribution in [0, 0.1) is 0 Å². The average molecular weight is 733 g/mol. The fraction of sp³-hybridized carbons (Fsp3) is 0.591. The van der Waals surface area contributed by atoms with Crippen LogP contribution in [0.3, 0.4) is 0 Å². The molecule has 0 saturated heterocycles. The highest BCUT2D eigenvalue weighted by molar-refractivity contribution is 7.75. The van der Waals surface area contributed by atoms with E-state index >= 15 is 0 Å². The Labute approximate surface area is 316 Å². The Morgan fingerprint density at radius 1 is 0.745 bits per heavy atom. The molecule has 0 aliphatic heterocycles. The Hall–Kier alpha value is -2.62. The second-order valence-corrected chi connectivity index (χ2v) is 19.7. The van der Waals surface area contributed by atoms with E-state index in [4.69, 9.17) is 4.99 Å². The van der Waals surface area contributed by atoms with E-state index in [9.17, 15) is 4.79 Å². The van der Waals surface area contributed by atoms with Crippen molar-refractivity contribution in [2.45, 2.75) is 148 Å². The standard InChI is InChI=1S/C44H65N4OP.ClH/c1-4-7-30-50(31-8-5-2,32-9-6-3)34-35-24-28-41(29-25-35)45-43(49)42(38-27-26-36-18-16-17-19-37(36)33-38)48-44(46-39-20-12-10-13-21-39)47-40-22-14-11-15-23-40;/h16-19,24-29,33,39-40,42H,4-15,20-23,30-32,34H2,1-3H3,(H2-,45,46,47,48,49);1H. The zero-order chi connectivity index (χ0) is 35.0. The van der Waals surface area contributed by atoms with Gasteiger partial charge in [0.2, 0.25) is 0 Å². The van der Waals surface area contributed by atoms with E-state index < -0.39 is 13.3 Å².